The number of halogens is 1. The van der Waals surface area contributed by atoms with Crippen molar-refractivity contribution in [3.8, 4) is 0 Å². The number of aliphatic hydroxyl groups excluding tert-OH is 2. The lowest BCUT2D eigenvalue weighted by molar-refractivity contribution is 0.0364. The van der Waals surface area contributed by atoms with Crippen LogP contribution in [0.5, 0.6) is 0 Å². The zero-order valence-corrected chi connectivity index (χ0v) is 5.84. The van der Waals surface area contributed by atoms with E-state index < -0.39 is 12.2 Å². The van der Waals surface area contributed by atoms with Crippen LogP contribution in [0.25, 0.3) is 0 Å². The molecule has 0 aromatic heterocycles. The van der Waals surface area contributed by atoms with Crippen LogP contribution in [0.15, 0.2) is 0 Å². The largest absolute Gasteiger partial charge is 0.390 e. The molecule has 4 heteroatoms. The SMILES string of the molecule is Cl.N[C@H]1CC[C@H](O)[C@@H]1O. The average molecular weight is 154 g/mol. The van der Waals surface area contributed by atoms with E-state index in [1.165, 1.54) is 0 Å². The van der Waals surface area contributed by atoms with Gasteiger partial charge in [0.1, 0.15) is 0 Å². The first-order chi connectivity index (χ1) is 3.72. The first kappa shape index (κ1) is 9.17. The Kier molecular flexibility index (Phi) is 3.43. The second-order valence-corrected chi connectivity index (χ2v) is 2.30. The highest BCUT2D eigenvalue weighted by molar-refractivity contribution is 5.85. The van der Waals surface area contributed by atoms with E-state index in [0.717, 1.165) is 6.42 Å². The predicted molar refractivity (Wildman–Crippen MR) is 36.5 cm³/mol. The van der Waals surface area contributed by atoms with Gasteiger partial charge in [-0.3, -0.25) is 0 Å². The van der Waals surface area contributed by atoms with Gasteiger partial charge >= 0.3 is 0 Å². The van der Waals surface area contributed by atoms with Gasteiger partial charge in [0.05, 0.1) is 12.2 Å². The van der Waals surface area contributed by atoms with Gasteiger partial charge in [-0.25, -0.2) is 0 Å². The van der Waals surface area contributed by atoms with Gasteiger partial charge in [0, 0.05) is 6.04 Å². The molecule has 0 amide bonds. The highest BCUT2D eigenvalue weighted by atomic mass is 35.5. The summed E-state index contributed by atoms with van der Waals surface area (Å²) in [7, 11) is 0. The molecule has 3 atom stereocenters. The summed E-state index contributed by atoms with van der Waals surface area (Å²) in [6.07, 6.45) is 0.116. The molecule has 0 aromatic carbocycles. The number of aliphatic hydroxyl groups is 2. The van der Waals surface area contributed by atoms with Crippen LogP contribution in [0.1, 0.15) is 12.8 Å². The number of hydrogen-bond donors (Lipinski definition) is 3. The molecule has 56 valence electrons. The van der Waals surface area contributed by atoms with Gasteiger partial charge in [-0.05, 0) is 12.8 Å². The van der Waals surface area contributed by atoms with E-state index in [9.17, 15) is 0 Å². The summed E-state index contributed by atoms with van der Waals surface area (Å²) in [6, 6.07) is -0.204. The van der Waals surface area contributed by atoms with Crippen LogP contribution in [0.3, 0.4) is 0 Å². The van der Waals surface area contributed by atoms with Crippen molar-refractivity contribution in [3.63, 3.8) is 0 Å². The zero-order valence-electron chi connectivity index (χ0n) is 5.03. The lowest BCUT2D eigenvalue weighted by atomic mass is 10.2. The summed E-state index contributed by atoms with van der Waals surface area (Å²) in [4.78, 5) is 0. The lowest BCUT2D eigenvalue weighted by Gasteiger charge is -2.09. The first-order valence-corrected chi connectivity index (χ1v) is 2.83. The van der Waals surface area contributed by atoms with Crippen molar-refractivity contribution in [2.24, 2.45) is 5.73 Å². The second kappa shape index (κ2) is 3.37. The minimum atomic E-state index is -0.685. The van der Waals surface area contributed by atoms with Gasteiger partial charge in [0.25, 0.3) is 0 Å². The molecule has 3 nitrogen and oxygen atoms in total. The van der Waals surface area contributed by atoms with E-state index in [0.29, 0.717) is 6.42 Å². The van der Waals surface area contributed by atoms with Crippen LogP contribution in [-0.2, 0) is 0 Å². The Morgan fingerprint density at radius 1 is 1.22 bits per heavy atom. The number of nitrogens with two attached hydrogens (primary N) is 1. The average Bonchev–Trinajstić information content (AvgIpc) is 1.98. The first-order valence-electron chi connectivity index (χ1n) is 2.83. The van der Waals surface area contributed by atoms with Crippen LogP contribution >= 0.6 is 12.4 Å². The van der Waals surface area contributed by atoms with E-state index in [1.54, 1.807) is 0 Å². The molecule has 1 aliphatic carbocycles. The van der Waals surface area contributed by atoms with Gasteiger partial charge in [0.2, 0.25) is 0 Å². The van der Waals surface area contributed by atoms with E-state index in [4.69, 9.17) is 15.9 Å². The maximum atomic E-state index is 8.89. The summed E-state index contributed by atoms with van der Waals surface area (Å²) in [5, 5.41) is 17.7. The Balaban J connectivity index is 0.000000640. The fourth-order valence-corrected chi connectivity index (χ4v) is 0.990. The molecule has 0 heterocycles. The summed E-state index contributed by atoms with van der Waals surface area (Å²) < 4.78 is 0. The third-order valence-corrected chi connectivity index (χ3v) is 1.63. The minimum Gasteiger partial charge on any atom is -0.390 e. The summed E-state index contributed by atoms with van der Waals surface area (Å²) in [6.45, 7) is 0. The van der Waals surface area contributed by atoms with Gasteiger partial charge < -0.3 is 15.9 Å². The third kappa shape index (κ3) is 1.79. The number of hydrogen-bond acceptors (Lipinski definition) is 3. The zero-order chi connectivity index (χ0) is 6.15. The van der Waals surface area contributed by atoms with Crippen LogP contribution in [0, 0.1) is 0 Å². The molecule has 0 unspecified atom stereocenters. The Labute approximate surface area is 60.3 Å². The second-order valence-electron chi connectivity index (χ2n) is 2.30. The topological polar surface area (TPSA) is 66.5 Å². The van der Waals surface area contributed by atoms with Crippen LogP contribution in [0.4, 0.5) is 0 Å². The highest BCUT2D eigenvalue weighted by Crippen LogP contribution is 2.17. The van der Waals surface area contributed by atoms with Crippen LogP contribution < -0.4 is 5.73 Å². The Morgan fingerprint density at radius 2 is 1.78 bits per heavy atom. The molecular weight excluding hydrogens is 142 g/mol. The smallest absolute Gasteiger partial charge is 0.0949 e. The predicted octanol–water partition coefficient (Wildman–Crippen LogP) is -0.749. The van der Waals surface area contributed by atoms with E-state index in [1.807, 2.05) is 0 Å². The summed E-state index contributed by atoms with van der Waals surface area (Å²) >= 11 is 0. The maximum Gasteiger partial charge on any atom is 0.0949 e. The monoisotopic (exact) mass is 153 g/mol. The molecule has 0 saturated heterocycles. The molecule has 0 bridgehead atoms. The van der Waals surface area contributed by atoms with Gasteiger partial charge in [-0.2, -0.15) is 0 Å². The molecule has 1 fully saturated rings. The Morgan fingerprint density at radius 3 is 1.89 bits per heavy atom. The maximum absolute atomic E-state index is 8.89. The van der Waals surface area contributed by atoms with Crippen molar-refractivity contribution in [1.29, 1.82) is 0 Å². The third-order valence-electron chi connectivity index (χ3n) is 1.63. The van der Waals surface area contributed by atoms with Crippen LogP contribution in [-0.4, -0.2) is 28.5 Å². The Bertz CT molecular complexity index is 81.0. The fourth-order valence-electron chi connectivity index (χ4n) is 0.990. The molecule has 1 rings (SSSR count). The summed E-state index contributed by atoms with van der Waals surface area (Å²) in [5.41, 5.74) is 5.36. The highest BCUT2D eigenvalue weighted by Gasteiger charge is 2.29. The van der Waals surface area contributed by atoms with E-state index in [-0.39, 0.29) is 18.4 Å². The van der Waals surface area contributed by atoms with Gasteiger partial charge in [0.15, 0.2) is 0 Å². The molecule has 0 radical (unpaired) electrons. The molecule has 9 heavy (non-hydrogen) atoms. The molecule has 1 aliphatic rings. The van der Waals surface area contributed by atoms with Gasteiger partial charge in [-0.15, -0.1) is 12.4 Å². The standard InChI is InChI=1S/C5H11NO2.ClH/c6-3-1-2-4(7)5(3)8;/h3-5,7-8H,1-2,6H2;1H/t3-,4-,5+;/m0./s1. The molecular formula is C5H12ClNO2. The van der Waals surface area contributed by atoms with Crippen molar-refractivity contribution < 1.29 is 10.2 Å². The van der Waals surface area contributed by atoms with Gasteiger partial charge in [-0.1, -0.05) is 0 Å². The molecule has 0 spiro atoms. The van der Waals surface area contributed by atoms with Crippen molar-refractivity contribution in [2.45, 2.75) is 31.1 Å². The van der Waals surface area contributed by atoms with Crippen molar-refractivity contribution in [1.82, 2.24) is 0 Å². The molecule has 4 N–H and O–H groups in total. The summed E-state index contributed by atoms with van der Waals surface area (Å²) in [5.74, 6) is 0. The molecule has 0 aromatic rings. The van der Waals surface area contributed by atoms with Crippen molar-refractivity contribution in [2.75, 3.05) is 0 Å². The van der Waals surface area contributed by atoms with E-state index in [2.05, 4.69) is 0 Å². The van der Waals surface area contributed by atoms with E-state index >= 15 is 0 Å². The van der Waals surface area contributed by atoms with Crippen molar-refractivity contribution in [3.05, 3.63) is 0 Å². The number of rotatable bonds is 0. The lowest BCUT2D eigenvalue weighted by Crippen LogP contribution is -2.34. The Hall–Kier alpha value is 0.170. The fraction of sp³-hybridized carbons (Fsp3) is 1.00. The quantitative estimate of drug-likeness (QED) is 0.429. The van der Waals surface area contributed by atoms with Crippen molar-refractivity contribution >= 4 is 12.4 Å². The normalized spacial score (nSPS) is 42.3. The minimum absolute atomic E-state index is 0. The molecule has 1 saturated carbocycles. The van der Waals surface area contributed by atoms with Crippen LogP contribution in [0.2, 0.25) is 0 Å². The molecule has 0 aliphatic heterocycles.